The van der Waals surface area contributed by atoms with Crippen LogP contribution in [0.2, 0.25) is 0 Å². The normalized spacial score (nSPS) is 15.6. The number of benzene rings is 3. The van der Waals surface area contributed by atoms with Gasteiger partial charge in [0.15, 0.2) is 6.61 Å². The Balaban J connectivity index is 1.25. The maximum absolute atomic E-state index is 13.0. The summed E-state index contributed by atoms with van der Waals surface area (Å²) in [6.07, 6.45) is 2.73. The predicted molar refractivity (Wildman–Crippen MR) is 150 cm³/mol. The summed E-state index contributed by atoms with van der Waals surface area (Å²) in [7, 11) is -1.99. The topological polar surface area (TPSA) is 114 Å². The van der Waals surface area contributed by atoms with E-state index in [2.05, 4.69) is 5.32 Å². The number of nitrogens with zero attached hydrogens (tertiary/aromatic N) is 2. The highest BCUT2D eigenvalue weighted by atomic mass is 32.2. The Morgan fingerprint density at radius 1 is 0.950 bits per heavy atom. The monoisotopic (exact) mass is 565 g/mol. The van der Waals surface area contributed by atoms with Gasteiger partial charge in [0.2, 0.25) is 10.0 Å². The molecule has 2 heterocycles. The van der Waals surface area contributed by atoms with E-state index in [9.17, 15) is 18.0 Å². The van der Waals surface area contributed by atoms with E-state index >= 15 is 0 Å². The number of carbonyl (C=O) groups excluding carboxylic acids is 2. The Labute approximate surface area is 233 Å². The molecule has 0 bridgehead atoms. The zero-order valence-corrected chi connectivity index (χ0v) is 23.0. The summed E-state index contributed by atoms with van der Waals surface area (Å²) >= 11 is 0. The van der Waals surface area contributed by atoms with E-state index in [4.69, 9.17) is 14.2 Å². The molecule has 210 valence electrons. The van der Waals surface area contributed by atoms with Crippen LogP contribution in [0.3, 0.4) is 0 Å². The summed E-state index contributed by atoms with van der Waals surface area (Å²) in [6.45, 7) is 1.47. The number of carbonyl (C=O) groups is 2. The van der Waals surface area contributed by atoms with Crippen LogP contribution in [0.1, 0.15) is 29.6 Å². The maximum atomic E-state index is 13.0. The Bertz CT molecular complexity index is 1470. The van der Waals surface area contributed by atoms with E-state index < -0.39 is 15.9 Å². The summed E-state index contributed by atoms with van der Waals surface area (Å²) < 4.78 is 43.8. The van der Waals surface area contributed by atoms with Crippen molar-refractivity contribution in [2.45, 2.75) is 24.2 Å². The van der Waals surface area contributed by atoms with Crippen molar-refractivity contribution in [3.63, 3.8) is 0 Å². The molecular weight excluding hydrogens is 534 g/mol. The molecule has 0 aliphatic carbocycles. The van der Waals surface area contributed by atoms with Crippen molar-refractivity contribution in [2.24, 2.45) is 0 Å². The van der Waals surface area contributed by atoms with Crippen LogP contribution in [-0.2, 0) is 14.8 Å². The molecular formula is C29H31N3O7S. The average Bonchev–Trinajstić information content (AvgIpc) is 2.99. The fourth-order valence-corrected chi connectivity index (χ4v) is 6.20. The minimum Gasteiger partial charge on any atom is -0.497 e. The van der Waals surface area contributed by atoms with Crippen LogP contribution >= 0.6 is 0 Å². The molecule has 1 fully saturated rings. The summed E-state index contributed by atoms with van der Waals surface area (Å²) in [4.78, 5) is 27.3. The zero-order chi connectivity index (χ0) is 28.1. The average molecular weight is 566 g/mol. The lowest BCUT2D eigenvalue weighted by molar-refractivity contribution is -0.121. The molecule has 11 heteroatoms. The van der Waals surface area contributed by atoms with E-state index in [1.807, 2.05) is 0 Å². The molecule has 5 rings (SSSR count). The number of hydrogen-bond acceptors (Lipinski definition) is 7. The molecule has 0 saturated carbocycles. The molecule has 0 spiro atoms. The van der Waals surface area contributed by atoms with Crippen LogP contribution in [-0.4, -0.2) is 64.5 Å². The highest BCUT2D eigenvalue weighted by Crippen LogP contribution is 2.35. The van der Waals surface area contributed by atoms with Crippen molar-refractivity contribution in [3.05, 3.63) is 72.3 Å². The molecule has 40 heavy (non-hydrogen) atoms. The van der Waals surface area contributed by atoms with E-state index in [1.165, 1.54) is 28.6 Å². The fourth-order valence-electron chi connectivity index (χ4n) is 4.69. The molecule has 2 aliphatic rings. The largest absolute Gasteiger partial charge is 0.497 e. The van der Waals surface area contributed by atoms with Crippen LogP contribution in [0.4, 0.5) is 11.4 Å². The molecule has 0 radical (unpaired) electrons. The van der Waals surface area contributed by atoms with Crippen molar-refractivity contribution in [1.29, 1.82) is 0 Å². The molecule has 1 saturated heterocycles. The lowest BCUT2D eigenvalue weighted by atomic mass is 10.1. The highest BCUT2D eigenvalue weighted by Gasteiger charge is 2.27. The van der Waals surface area contributed by atoms with E-state index in [0.717, 1.165) is 25.0 Å². The Morgan fingerprint density at radius 2 is 1.65 bits per heavy atom. The molecule has 10 nitrogen and oxygen atoms in total. The first-order valence-corrected chi connectivity index (χ1v) is 14.5. The van der Waals surface area contributed by atoms with Gasteiger partial charge in [-0.25, -0.2) is 8.42 Å². The Morgan fingerprint density at radius 3 is 2.35 bits per heavy atom. The standard InChI is InChI=1S/C29H31N3O7S/c1-37-23-8-10-24(11-9-23)38-18-17-32-26-19-22(7-14-27(26)39-20-28(32)33)30-29(34)21-5-12-25(13-6-21)40(35,36)31-15-3-2-4-16-31/h5-14,19H,2-4,15-18,20H2,1H3,(H,30,34). The second kappa shape index (κ2) is 12.0. The van der Waals surface area contributed by atoms with Gasteiger partial charge in [0, 0.05) is 24.3 Å². The van der Waals surface area contributed by atoms with Gasteiger partial charge in [0.05, 0.1) is 24.2 Å². The molecule has 3 aromatic carbocycles. The van der Waals surface area contributed by atoms with Gasteiger partial charge in [-0.15, -0.1) is 0 Å². The number of anilines is 2. The van der Waals surface area contributed by atoms with Crippen molar-refractivity contribution in [1.82, 2.24) is 4.31 Å². The number of piperidine rings is 1. The zero-order valence-electron chi connectivity index (χ0n) is 22.2. The number of amides is 2. The molecule has 0 unspecified atom stereocenters. The first-order valence-electron chi connectivity index (χ1n) is 13.1. The molecule has 3 aromatic rings. The quantitative estimate of drug-likeness (QED) is 0.418. The van der Waals surface area contributed by atoms with Gasteiger partial charge in [0.25, 0.3) is 11.8 Å². The van der Waals surface area contributed by atoms with Crippen LogP contribution in [0.5, 0.6) is 17.2 Å². The molecule has 2 amide bonds. The number of fused-ring (bicyclic) bond motifs is 1. The first kappa shape index (κ1) is 27.5. The lowest BCUT2D eigenvalue weighted by Crippen LogP contribution is -2.41. The highest BCUT2D eigenvalue weighted by molar-refractivity contribution is 7.89. The van der Waals surface area contributed by atoms with Crippen molar-refractivity contribution < 1.29 is 32.2 Å². The van der Waals surface area contributed by atoms with E-state index in [1.54, 1.807) is 54.5 Å². The number of hydrogen-bond donors (Lipinski definition) is 1. The summed E-state index contributed by atoms with van der Waals surface area (Å²) in [5.74, 6) is 1.27. The predicted octanol–water partition coefficient (Wildman–Crippen LogP) is 3.93. The minimum absolute atomic E-state index is 0.0894. The molecule has 0 aromatic heterocycles. The number of sulfonamides is 1. The third-order valence-electron chi connectivity index (χ3n) is 6.87. The van der Waals surface area contributed by atoms with Gasteiger partial charge in [-0.2, -0.15) is 4.31 Å². The SMILES string of the molecule is COc1ccc(OCCN2C(=O)COc3ccc(NC(=O)c4ccc(S(=O)(=O)N5CCCCC5)cc4)cc32)cc1. The Kier molecular flexibility index (Phi) is 8.22. The van der Waals surface area contributed by atoms with Gasteiger partial charge in [-0.3, -0.25) is 9.59 Å². The molecule has 2 aliphatic heterocycles. The third-order valence-corrected chi connectivity index (χ3v) is 8.79. The van der Waals surface area contributed by atoms with Crippen LogP contribution < -0.4 is 24.4 Å². The van der Waals surface area contributed by atoms with Crippen LogP contribution in [0.15, 0.2) is 71.6 Å². The summed E-state index contributed by atoms with van der Waals surface area (Å²) in [5, 5.41) is 2.82. The Hall–Kier alpha value is -4.09. The fraction of sp³-hybridized carbons (Fsp3) is 0.310. The minimum atomic E-state index is -3.58. The van der Waals surface area contributed by atoms with Crippen LogP contribution in [0.25, 0.3) is 0 Å². The number of methoxy groups -OCH3 is 1. The van der Waals surface area contributed by atoms with Gasteiger partial charge in [0.1, 0.15) is 23.9 Å². The maximum Gasteiger partial charge on any atom is 0.265 e. The van der Waals surface area contributed by atoms with Gasteiger partial charge in [-0.1, -0.05) is 6.42 Å². The van der Waals surface area contributed by atoms with Gasteiger partial charge < -0.3 is 24.4 Å². The summed E-state index contributed by atoms with van der Waals surface area (Å²) in [6, 6.07) is 18.1. The molecule has 1 N–H and O–H groups in total. The van der Waals surface area contributed by atoms with Crippen molar-refractivity contribution in [3.8, 4) is 17.2 Å². The molecule has 0 atom stereocenters. The van der Waals surface area contributed by atoms with Crippen LogP contribution in [0, 0.1) is 0 Å². The second-order valence-corrected chi connectivity index (χ2v) is 11.4. The summed E-state index contributed by atoms with van der Waals surface area (Å²) in [5.41, 5.74) is 1.30. The van der Waals surface area contributed by atoms with Gasteiger partial charge in [-0.05, 0) is 79.6 Å². The van der Waals surface area contributed by atoms with Crippen molar-refractivity contribution in [2.75, 3.05) is 50.2 Å². The van der Waals surface area contributed by atoms with E-state index in [-0.39, 0.29) is 30.6 Å². The number of rotatable bonds is 9. The van der Waals surface area contributed by atoms with E-state index in [0.29, 0.717) is 41.5 Å². The first-order chi connectivity index (χ1) is 19.3. The lowest BCUT2D eigenvalue weighted by Gasteiger charge is -2.29. The van der Waals surface area contributed by atoms with Gasteiger partial charge >= 0.3 is 0 Å². The number of ether oxygens (including phenoxy) is 3. The third kappa shape index (κ3) is 6.05. The second-order valence-electron chi connectivity index (χ2n) is 9.48. The number of nitrogens with one attached hydrogen (secondary N) is 1. The van der Waals surface area contributed by atoms with Crippen molar-refractivity contribution >= 4 is 33.2 Å². The smallest absolute Gasteiger partial charge is 0.265 e.